The first-order valence-electron chi connectivity index (χ1n) is 5.44. The molecule has 1 atom stereocenters. The van der Waals surface area contributed by atoms with Gasteiger partial charge in [-0.3, -0.25) is 4.90 Å². The molecule has 1 heterocycles. The molecule has 0 aromatic rings. The second kappa shape index (κ2) is 4.45. The van der Waals surface area contributed by atoms with Crippen molar-refractivity contribution in [2.75, 3.05) is 12.4 Å². The van der Waals surface area contributed by atoms with Gasteiger partial charge in [0.1, 0.15) is 5.60 Å². The highest BCUT2D eigenvalue weighted by Crippen LogP contribution is 2.39. The zero-order valence-corrected chi connectivity index (χ0v) is 11.4. The van der Waals surface area contributed by atoms with Crippen LogP contribution in [0.2, 0.25) is 0 Å². The molecule has 1 aliphatic rings. The molecule has 0 aliphatic carbocycles. The SMILES string of the molecule is CC(C)(C)OC(=O)N1C(CO)CSC1(C)C. The maximum atomic E-state index is 12.0. The van der Waals surface area contributed by atoms with Crippen LogP contribution < -0.4 is 0 Å². The van der Waals surface area contributed by atoms with E-state index in [0.29, 0.717) is 0 Å². The van der Waals surface area contributed by atoms with Crippen molar-refractivity contribution in [1.29, 1.82) is 0 Å². The summed E-state index contributed by atoms with van der Waals surface area (Å²) in [5.41, 5.74) is -0.500. The van der Waals surface area contributed by atoms with Crippen LogP contribution in [0.5, 0.6) is 0 Å². The zero-order chi connectivity index (χ0) is 12.6. The lowest BCUT2D eigenvalue weighted by atomic mass is 10.2. The highest BCUT2D eigenvalue weighted by atomic mass is 32.2. The number of nitrogens with zero attached hydrogens (tertiary/aromatic N) is 1. The number of carbonyl (C=O) groups is 1. The van der Waals surface area contributed by atoms with Crippen LogP contribution in [-0.4, -0.2) is 45.0 Å². The number of hydrogen-bond donors (Lipinski definition) is 1. The van der Waals surface area contributed by atoms with Crippen molar-refractivity contribution in [3.05, 3.63) is 0 Å². The molecular formula is C11H21NO3S. The molecule has 1 aliphatic heterocycles. The third-order valence-corrected chi connectivity index (χ3v) is 3.83. The number of carbonyl (C=O) groups excluding carboxylic acids is 1. The molecule has 16 heavy (non-hydrogen) atoms. The van der Waals surface area contributed by atoms with Crippen LogP contribution in [0.1, 0.15) is 34.6 Å². The largest absolute Gasteiger partial charge is 0.444 e. The zero-order valence-electron chi connectivity index (χ0n) is 10.6. The van der Waals surface area contributed by atoms with Crippen LogP contribution >= 0.6 is 11.8 Å². The average Bonchev–Trinajstić information content (AvgIpc) is 2.37. The standard InChI is InChI=1S/C11H21NO3S/c1-10(2,3)15-9(14)12-8(6-13)7-16-11(12,4)5/h8,13H,6-7H2,1-5H3. The van der Waals surface area contributed by atoms with Gasteiger partial charge >= 0.3 is 6.09 Å². The number of aliphatic hydroxyl groups is 1. The van der Waals surface area contributed by atoms with E-state index >= 15 is 0 Å². The minimum absolute atomic E-state index is 0.0182. The van der Waals surface area contributed by atoms with Gasteiger partial charge in [-0.05, 0) is 34.6 Å². The first-order chi connectivity index (χ1) is 7.17. The lowest BCUT2D eigenvalue weighted by Gasteiger charge is -2.35. The topological polar surface area (TPSA) is 49.8 Å². The van der Waals surface area contributed by atoms with E-state index in [-0.39, 0.29) is 23.6 Å². The minimum Gasteiger partial charge on any atom is -0.444 e. The molecule has 0 bridgehead atoms. The van der Waals surface area contributed by atoms with Crippen molar-refractivity contribution in [1.82, 2.24) is 4.90 Å². The minimum atomic E-state index is -0.500. The Labute approximate surface area is 101 Å². The van der Waals surface area contributed by atoms with Crippen LogP contribution in [-0.2, 0) is 4.74 Å². The molecule has 1 rings (SSSR count). The highest BCUT2D eigenvalue weighted by molar-refractivity contribution is 8.00. The van der Waals surface area contributed by atoms with E-state index in [0.717, 1.165) is 5.75 Å². The number of hydrogen-bond acceptors (Lipinski definition) is 4. The Morgan fingerprint density at radius 3 is 2.56 bits per heavy atom. The van der Waals surface area contributed by atoms with E-state index in [1.54, 1.807) is 16.7 Å². The van der Waals surface area contributed by atoms with Gasteiger partial charge in [-0.15, -0.1) is 11.8 Å². The van der Waals surface area contributed by atoms with Crippen LogP contribution in [0, 0.1) is 0 Å². The van der Waals surface area contributed by atoms with Gasteiger partial charge in [0.25, 0.3) is 0 Å². The summed E-state index contributed by atoms with van der Waals surface area (Å²) >= 11 is 1.66. The molecule has 0 saturated carbocycles. The van der Waals surface area contributed by atoms with E-state index in [4.69, 9.17) is 4.74 Å². The second-order valence-electron chi connectivity index (χ2n) is 5.44. The summed E-state index contributed by atoms with van der Waals surface area (Å²) in [4.78, 5) is 13.4. The average molecular weight is 247 g/mol. The Kier molecular flexibility index (Phi) is 3.80. The third-order valence-electron chi connectivity index (χ3n) is 2.38. The van der Waals surface area contributed by atoms with Gasteiger partial charge in [0.2, 0.25) is 0 Å². The van der Waals surface area contributed by atoms with Crippen molar-refractivity contribution in [3.8, 4) is 0 Å². The van der Waals surface area contributed by atoms with Gasteiger partial charge in [-0.1, -0.05) is 0 Å². The maximum Gasteiger partial charge on any atom is 0.411 e. The Morgan fingerprint density at radius 1 is 1.56 bits per heavy atom. The van der Waals surface area contributed by atoms with Gasteiger partial charge in [0.05, 0.1) is 17.5 Å². The number of rotatable bonds is 1. The summed E-state index contributed by atoms with van der Waals surface area (Å²) in [6.07, 6.45) is -0.346. The van der Waals surface area contributed by atoms with Gasteiger partial charge in [-0.2, -0.15) is 0 Å². The lowest BCUT2D eigenvalue weighted by molar-refractivity contribution is 0.00354. The van der Waals surface area contributed by atoms with Crippen LogP contribution in [0.25, 0.3) is 0 Å². The molecule has 1 N–H and O–H groups in total. The maximum absolute atomic E-state index is 12.0. The predicted octanol–water partition coefficient (Wildman–Crippen LogP) is 2.07. The van der Waals surface area contributed by atoms with Crippen LogP contribution in [0.4, 0.5) is 4.79 Å². The predicted molar refractivity (Wildman–Crippen MR) is 65.5 cm³/mol. The van der Waals surface area contributed by atoms with E-state index in [2.05, 4.69) is 0 Å². The van der Waals surface area contributed by atoms with Crippen molar-refractivity contribution in [2.45, 2.75) is 51.1 Å². The van der Waals surface area contributed by atoms with Gasteiger partial charge < -0.3 is 9.84 Å². The Hall–Kier alpha value is -0.420. The molecule has 4 nitrogen and oxygen atoms in total. The molecule has 0 aromatic heterocycles. The number of thioether (sulfide) groups is 1. The first kappa shape index (κ1) is 13.6. The fraction of sp³-hybridized carbons (Fsp3) is 0.909. The quantitative estimate of drug-likeness (QED) is 0.770. The van der Waals surface area contributed by atoms with Crippen molar-refractivity contribution in [2.24, 2.45) is 0 Å². The molecule has 1 saturated heterocycles. The number of aliphatic hydroxyl groups excluding tert-OH is 1. The second-order valence-corrected chi connectivity index (χ2v) is 7.07. The summed E-state index contributed by atoms with van der Waals surface area (Å²) in [5.74, 6) is 0.753. The van der Waals surface area contributed by atoms with Gasteiger partial charge in [0, 0.05) is 5.75 Å². The van der Waals surface area contributed by atoms with Crippen LogP contribution in [0.3, 0.4) is 0 Å². The van der Waals surface area contributed by atoms with Crippen molar-refractivity contribution < 1.29 is 14.6 Å². The molecule has 0 aromatic carbocycles. The summed E-state index contributed by atoms with van der Waals surface area (Å²) < 4.78 is 5.35. The molecule has 94 valence electrons. The molecular weight excluding hydrogens is 226 g/mol. The normalized spacial score (nSPS) is 24.6. The third kappa shape index (κ3) is 3.04. The summed E-state index contributed by atoms with van der Waals surface area (Å²) in [7, 11) is 0. The van der Waals surface area contributed by atoms with E-state index in [9.17, 15) is 9.90 Å². The smallest absolute Gasteiger partial charge is 0.411 e. The van der Waals surface area contributed by atoms with Crippen LogP contribution in [0.15, 0.2) is 0 Å². The Bertz CT molecular complexity index is 273. The summed E-state index contributed by atoms with van der Waals surface area (Å²) in [6, 6.07) is -0.144. The Morgan fingerprint density at radius 2 is 2.12 bits per heavy atom. The molecule has 1 unspecified atom stereocenters. The first-order valence-corrected chi connectivity index (χ1v) is 6.43. The summed E-state index contributed by atoms with van der Waals surface area (Å²) in [5, 5.41) is 9.25. The van der Waals surface area contributed by atoms with Crippen molar-refractivity contribution in [3.63, 3.8) is 0 Å². The van der Waals surface area contributed by atoms with E-state index in [1.807, 2.05) is 34.6 Å². The fourth-order valence-corrected chi connectivity index (χ4v) is 2.92. The molecule has 5 heteroatoms. The molecule has 0 radical (unpaired) electrons. The van der Waals surface area contributed by atoms with E-state index in [1.165, 1.54) is 0 Å². The number of ether oxygens (including phenoxy) is 1. The Balaban J connectivity index is 2.79. The van der Waals surface area contributed by atoms with Crippen molar-refractivity contribution >= 4 is 17.9 Å². The molecule has 1 amide bonds. The monoisotopic (exact) mass is 247 g/mol. The molecule has 0 spiro atoms. The lowest BCUT2D eigenvalue weighted by Crippen LogP contribution is -2.49. The molecule has 1 fully saturated rings. The number of amides is 1. The summed E-state index contributed by atoms with van der Waals surface area (Å²) in [6.45, 7) is 9.45. The van der Waals surface area contributed by atoms with E-state index < -0.39 is 5.60 Å². The fourth-order valence-electron chi connectivity index (χ4n) is 1.70. The van der Waals surface area contributed by atoms with Gasteiger partial charge in [0.15, 0.2) is 0 Å². The van der Waals surface area contributed by atoms with Gasteiger partial charge in [-0.25, -0.2) is 4.79 Å². The highest BCUT2D eigenvalue weighted by Gasteiger charge is 2.44.